The van der Waals surface area contributed by atoms with Crippen molar-refractivity contribution >= 4 is 39.1 Å². The lowest BCUT2D eigenvalue weighted by molar-refractivity contribution is 1.07. The summed E-state index contributed by atoms with van der Waals surface area (Å²) in [6.07, 6.45) is 1.97. The van der Waals surface area contributed by atoms with Gasteiger partial charge in [-0.05, 0) is 69.8 Å². The van der Waals surface area contributed by atoms with E-state index in [1.165, 1.54) is 0 Å². The molecule has 3 heterocycles. The van der Waals surface area contributed by atoms with E-state index in [0.717, 1.165) is 106 Å². The second-order valence-corrected chi connectivity index (χ2v) is 18.2. The van der Waals surface area contributed by atoms with Gasteiger partial charge in [0.2, 0.25) is 0 Å². The van der Waals surface area contributed by atoms with Gasteiger partial charge < -0.3 is 4.57 Å². The first-order chi connectivity index (χ1) is 36.6. The Kier molecular flexibility index (Phi) is 11.4. The summed E-state index contributed by atoms with van der Waals surface area (Å²) in [6.45, 7) is 0. The van der Waals surface area contributed by atoms with Crippen LogP contribution >= 0.6 is 0 Å². The number of benzene rings is 10. The standard InChI is InChI=1S/C68H44N6/c1-7-20-46(21-8-1)56-41-57(47-22-9-2-10-23-47)43-58(42-56)74-63-44-53(52-32-19-33-55(40-52)68-72-66(50-28-15-5-16-29-50)71-67(73-68)51-30-17-6-18-31-51)34-36-59(63)60-37-35-54(45-64(60)74)62-39-38-61(48-24-11-3-12-25-48)69-65(70-62)49-26-13-4-14-27-49/h1-37,39-45H. The smallest absolute Gasteiger partial charge is 0.164 e. The van der Waals surface area contributed by atoms with Crippen molar-refractivity contribution in [3.05, 3.63) is 289 Å². The first-order valence-electron chi connectivity index (χ1n) is 24.7. The second kappa shape index (κ2) is 19.2. The van der Waals surface area contributed by atoms with Crippen molar-refractivity contribution in [1.82, 2.24) is 19.5 Å². The number of amidine groups is 1. The van der Waals surface area contributed by atoms with Crippen LogP contribution in [0.3, 0.4) is 0 Å². The van der Waals surface area contributed by atoms with E-state index in [1.54, 1.807) is 0 Å². The topological polar surface area (TPSA) is 68.3 Å². The number of aliphatic imine (C=N–C) groups is 2. The van der Waals surface area contributed by atoms with Crippen molar-refractivity contribution < 1.29 is 0 Å². The van der Waals surface area contributed by atoms with Crippen molar-refractivity contribution in [2.24, 2.45) is 9.98 Å². The van der Waals surface area contributed by atoms with Crippen LogP contribution in [0.15, 0.2) is 283 Å². The Labute approximate surface area is 429 Å². The Morgan fingerprint density at radius 1 is 0.284 bits per heavy atom. The molecule has 2 aromatic heterocycles. The van der Waals surface area contributed by atoms with Gasteiger partial charge in [0.25, 0.3) is 0 Å². The summed E-state index contributed by atoms with van der Waals surface area (Å²) in [5.74, 6) is 2.48. The van der Waals surface area contributed by atoms with E-state index < -0.39 is 0 Å². The summed E-state index contributed by atoms with van der Waals surface area (Å²) in [5.41, 5.74) is 20.4. The van der Waals surface area contributed by atoms with Crippen LogP contribution in [0, 0.1) is 0 Å². The Hall–Kier alpha value is -10.1. The van der Waals surface area contributed by atoms with E-state index in [4.69, 9.17) is 24.9 Å². The predicted molar refractivity (Wildman–Crippen MR) is 304 cm³/mol. The summed E-state index contributed by atoms with van der Waals surface area (Å²) >= 11 is 0. The van der Waals surface area contributed by atoms with E-state index in [-0.39, 0.29) is 0 Å². The third-order valence-corrected chi connectivity index (χ3v) is 13.5. The van der Waals surface area contributed by atoms with Gasteiger partial charge in [0.1, 0.15) is 5.70 Å². The Morgan fingerprint density at radius 3 is 1.23 bits per heavy atom. The molecule has 346 valence electrons. The van der Waals surface area contributed by atoms with Gasteiger partial charge in [0.15, 0.2) is 23.3 Å². The molecule has 10 aromatic carbocycles. The van der Waals surface area contributed by atoms with Gasteiger partial charge in [-0.15, -0.1) is 0 Å². The Morgan fingerprint density at radius 2 is 0.689 bits per heavy atom. The zero-order valence-electron chi connectivity index (χ0n) is 40.1. The van der Waals surface area contributed by atoms with Gasteiger partial charge in [-0.1, -0.05) is 230 Å². The molecule has 0 spiro atoms. The van der Waals surface area contributed by atoms with Gasteiger partial charge in [-0.3, -0.25) is 0 Å². The molecule has 12 aromatic rings. The molecule has 13 rings (SSSR count). The van der Waals surface area contributed by atoms with Crippen LogP contribution in [0.5, 0.6) is 0 Å². The summed E-state index contributed by atoms with van der Waals surface area (Å²) in [4.78, 5) is 25.5. The average molecular weight is 945 g/mol. The van der Waals surface area contributed by atoms with Crippen molar-refractivity contribution in [3.8, 4) is 73.2 Å². The summed E-state index contributed by atoms with van der Waals surface area (Å²) in [6, 6.07) is 90.8. The maximum atomic E-state index is 5.30. The highest BCUT2D eigenvalue weighted by molar-refractivity contribution is 6.20. The van der Waals surface area contributed by atoms with Crippen LogP contribution in [0.1, 0.15) is 16.7 Å². The highest BCUT2D eigenvalue weighted by Crippen LogP contribution is 2.39. The minimum Gasteiger partial charge on any atom is -0.309 e. The second-order valence-electron chi connectivity index (χ2n) is 18.2. The minimum absolute atomic E-state index is 0.607. The highest BCUT2D eigenvalue weighted by Gasteiger charge is 2.20. The number of aromatic nitrogens is 4. The molecule has 1 aliphatic heterocycles. The van der Waals surface area contributed by atoms with E-state index >= 15 is 0 Å². The molecule has 0 bridgehead atoms. The number of hydrogen-bond donors (Lipinski definition) is 0. The molecule has 0 saturated carbocycles. The highest BCUT2D eigenvalue weighted by atomic mass is 15.0. The van der Waals surface area contributed by atoms with E-state index in [0.29, 0.717) is 23.3 Å². The molecule has 1 aliphatic rings. The Bertz CT molecular complexity index is 4060. The van der Waals surface area contributed by atoms with Crippen molar-refractivity contribution in [1.29, 1.82) is 0 Å². The maximum Gasteiger partial charge on any atom is 0.164 e. The van der Waals surface area contributed by atoms with E-state index in [2.05, 4.69) is 174 Å². The lowest BCUT2D eigenvalue weighted by atomic mass is 9.98. The quantitative estimate of drug-likeness (QED) is 0.128. The molecule has 0 unspecified atom stereocenters. The van der Waals surface area contributed by atoms with Crippen LogP contribution in [-0.2, 0) is 0 Å². The number of nitrogens with zero attached hydrogens (tertiary/aromatic N) is 6. The molecule has 0 amide bonds. The van der Waals surface area contributed by atoms with Crippen molar-refractivity contribution in [2.75, 3.05) is 0 Å². The molecule has 0 saturated heterocycles. The van der Waals surface area contributed by atoms with Gasteiger partial charge in [0, 0.05) is 55.9 Å². The molecule has 0 aliphatic carbocycles. The Balaban J connectivity index is 1.01. The zero-order valence-corrected chi connectivity index (χ0v) is 40.1. The molecular weight excluding hydrogens is 901 g/mol. The third kappa shape index (κ3) is 8.64. The lowest BCUT2D eigenvalue weighted by Crippen LogP contribution is -2.04. The van der Waals surface area contributed by atoms with Crippen molar-refractivity contribution in [2.45, 2.75) is 0 Å². The monoisotopic (exact) mass is 944 g/mol. The fourth-order valence-electron chi connectivity index (χ4n) is 9.80. The minimum atomic E-state index is 0.607. The first-order valence-corrected chi connectivity index (χ1v) is 24.7. The van der Waals surface area contributed by atoms with Gasteiger partial charge in [0.05, 0.1) is 16.7 Å². The van der Waals surface area contributed by atoms with Crippen LogP contribution in [0.4, 0.5) is 0 Å². The number of fused-ring (bicyclic) bond motifs is 3. The predicted octanol–water partition coefficient (Wildman–Crippen LogP) is 16.4. The van der Waals surface area contributed by atoms with Gasteiger partial charge in [-0.2, -0.15) is 0 Å². The number of hydrogen-bond acceptors (Lipinski definition) is 5. The number of allylic oxidation sites excluding steroid dienone is 1. The summed E-state index contributed by atoms with van der Waals surface area (Å²) < 4.78 is 2.42. The normalized spacial score (nSPS) is 12.3. The first kappa shape index (κ1) is 43.9. The summed E-state index contributed by atoms with van der Waals surface area (Å²) in [7, 11) is 0. The van der Waals surface area contributed by atoms with E-state index in [1.807, 2.05) is 103 Å². The molecule has 74 heavy (non-hydrogen) atoms. The molecule has 0 radical (unpaired) electrons. The zero-order chi connectivity index (χ0) is 49.2. The molecule has 0 fully saturated rings. The van der Waals surface area contributed by atoms with Gasteiger partial charge >= 0.3 is 0 Å². The molecule has 0 N–H and O–H groups in total. The average Bonchev–Trinajstić information content (AvgIpc) is 3.64. The molecule has 6 heteroatoms. The summed E-state index contributed by atoms with van der Waals surface area (Å²) in [5, 5.41) is 2.25. The van der Waals surface area contributed by atoms with Crippen LogP contribution in [0.25, 0.3) is 101 Å². The molecule has 6 nitrogen and oxygen atoms in total. The fraction of sp³-hybridized carbons (Fsp3) is 0. The van der Waals surface area contributed by atoms with Crippen LogP contribution in [-0.4, -0.2) is 31.1 Å². The van der Waals surface area contributed by atoms with Crippen LogP contribution in [0.2, 0.25) is 0 Å². The van der Waals surface area contributed by atoms with Gasteiger partial charge in [-0.25, -0.2) is 24.9 Å². The third-order valence-electron chi connectivity index (χ3n) is 13.5. The largest absolute Gasteiger partial charge is 0.309 e. The fourth-order valence-corrected chi connectivity index (χ4v) is 9.80. The lowest BCUT2D eigenvalue weighted by Gasteiger charge is -2.15. The molecular formula is C68H44N6. The number of rotatable bonds is 10. The molecule has 0 atom stereocenters. The van der Waals surface area contributed by atoms with E-state index in [9.17, 15) is 0 Å². The van der Waals surface area contributed by atoms with Crippen LogP contribution < -0.4 is 0 Å². The SMILES string of the molecule is C1=CC(c2ccc3c4ccc(-c5cccc(-c6nc(-c7ccccc7)nc(-c7ccccc7)n6)c5)cc4n(-c4cc(-c5ccccc5)cc(-c5ccccc5)c4)c3c2)=NC(c2ccccc2)=NC=1c1ccccc1. The maximum absolute atomic E-state index is 5.30. The van der Waals surface area contributed by atoms with Crippen molar-refractivity contribution in [3.63, 3.8) is 0 Å².